The highest BCUT2D eigenvalue weighted by Gasteiger charge is 2.43. The molecule has 1 amide bonds. The van der Waals surface area contributed by atoms with Crippen LogP contribution in [0.2, 0.25) is 0 Å². The molecule has 0 saturated carbocycles. The number of alkyl halides is 3. The monoisotopic (exact) mass is 314 g/mol. The summed E-state index contributed by atoms with van der Waals surface area (Å²) in [6.45, 7) is 1.87. The minimum absolute atomic E-state index is 0.148. The van der Waals surface area contributed by atoms with Crippen LogP contribution in [0.15, 0.2) is 30.3 Å². The number of halogens is 3. The van der Waals surface area contributed by atoms with Crippen molar-refractivity contribution in [1.82, 2.24) is 10.2 Å². The lowest BCUT2D eigenvalue weighted by molar-refractivity contribution is -0.160. The molecule has 2 unspecified atom stereocenters. The third kappa shape index (κ3) is 4.22. The number of hydrogen-bond donors (Lipinski definition) is 1. The zero-order valence-corrected chi connectivity index (χ0v) is 12.6. The Labute approximate surface area is 128 Å². The van der Waals surface area contributed by atoms with E-state index in [0.717, 1.165) is 13.0 Å². The van der Waals surface area contributed by atoms with Gasteiger partial charge >= 0.3 is 6.18 Å². The van der Waals surface area contributed by atoms with Crippen molar-refractivity contribution in [1.29, 1.82) is 0 Å². The van der Waals surface area contributed by atoms with Gasteiger partial charge in [0.05, 0.1) is 5.92 Å². The Morgan fingerprint density at radius 2 is 2.05 bits per heavy atom. The number of carbonyl (C=O) groups is 1. The molecular formula is C16H21F3N2O. The summed E-state index contributed by atoms with van der Waals surface area (Å²) in [4.78, 5) is 13.8. The van der Waals surface area contributed by atoms with Crippen LogP contribution in [0.5, 0.6) is 0 Å². The first-order valence-electron chi connectivity index (χ1n) is 7.46. The van der Waals surface area contributed by atoms with Crippen molar-refractivity contribution in [3.63, 3.8) is 0 Å². The summed E-state index contributed by atoms with van der Waals surface area (Å²) < 4.78 is 39.8. The molecule has 2 rings (SSSR count). The molecule has 1 heterocycles. The summed E-state index contributed by atoms with van der Waals surface area (Å²) in [5, 5.41) is 3.04. The lowest BCUT2D eigenvalue weighted by Gasteiger charge is -2.23. The molecule has 1 aliphatic rings. The van der Waals surface area contributed by atoms with E-state index in [0.29, 0.717) is 19.0 Å². The Morgan fingerprint density at radius 3 is 2.64 bits per heavy atom. The van der Waals surface area contributed by atoms with E-state index in [2.05, 4.69) is 5.32 Å². The lowest BCUT2D eigenvalue weighted by atomic mass is 9.94. The maximum Gasteiger partial charge on any atom is 0.396 e. The van der Waals surface area contributed by atoms with Crippen LogP contribution in [-0.4, -0.2) is 43.7 Å². The minimum atomic E-state index is -4.42. The molecule has 0 aromatic heterocycles. The standard InChI is InChI=1S/C16H21F3N2O/c1-20-10-12-7-8-21(11-12)15(22)9-14(16(17,18)19)13-5-3-2-4-6-13/h2-6,12,14,20H,7-11H2,1H3. The SMILES string of the molecule is CNCC1CCN(C(=O)CC(c2ccccc2)C(F)(F)F)C1. The molecular weight excluding hydrogens is 293 g/mol. The molecule has 0 aliphatic carbocycles. The largest absolute Gasteiger partial charge is 0.396 e. The first-order chi connectivity index (χ1) is 10.4. The van der Waals surface area contributed by atoms with E-state index in [4.69, 9.17) is 0 Å². The average molecular weight is 314 g/mol. The van der Waals surface area contributed by atoms with Crippen LogP contribution in [0.3, 0.4) is 0 Å². The molecule has 1 N–H and O–H groups in total. The van der Waals surface area contributed by atoms with E-state index in [1.807, 2.05) is 7.05 Å². The van der Waals surface area contributed by atoms with Crippen LogP contribution < -0.4 is 5.32 Å². The first-order valence-corrected chi connectivity index (χ1v) is 7.46. The second-order valence-corrected chi connectivity index (χ2v) is 5.76. The van der Waals surface area contributed by atoms with E-state index >= 15 is 0 Å². The normalized spacial score (nSPS) is 20.2. The summed E-state index contributed by atoms with van der Waals surface area (Å²) in [5.74, 6) is -1.82. The van der Waals surface area contributed by atoms with Crippen molar-refractivity contribution in [3.8, 4) is 0 Å². The molecule has 122 valence electrons. The number of nitrogens with zero attached hydrogens (tertiary/aromatic N) is 1. The van der Waals surface area contributed by atoms with Crippen molar-refractivity contribution in [2.45, 2.75) is 24.9 Å². The van der Waals surface area contributed by atoms with Gasteiger partial charge in [-0.05, 0) is 31.5 Å². The fourth-order valence-electron chi connectivity index (χ4n) is 2.93. The van der Waals surface area contributed by atoms with Gasteiger partial charge in [-0.3, -0.25) is 4.79 Å². The van der Waals surface area contributed by atoms with E-state index in [9.17, 15) is 18.0 Å². The van der Waals surface area contributed by atoms with Crippen molar-refractivity contribution in [3.05, 3.63) is 35.9 Å². The molecule has 1 fully saturated rings. The Morgan fingerprint density at radius 1 is 1.36 bits per heavy atom. The Hall–Kier alpha value is -1.56. The van der Waals surface area contributed by atoms with Crippen LogP contribution in [-0.2, 0) is 4.79 Å². The zero-order valence-electron chi connectivity index (χ0n) is 12.6. The molecule has 0 spiro atoms. The summed E-state index contributed by atoms with van der Waals surface area (Å²) >= 11 is 0. The molecule has 2 atom stereocenters. The summed E-state index contributed by atoms with van der Waals surface area (Å²) in [5.41, 5.74) is 0.148. The van der Waals surface area contributed by atoms with Gasteiger partial charge in [0.25, 0.3) is 0 Å². The van der Waals surface area contributed by atoms with Gasteiger partial charge in [-0.15, -0.1) is 0 Å². The molecule has 1 aromatic rings. The number of rotatable bonds is 5. The smallest absolute Gasteiger partial charge is 0.342 e. The van der Waals surface area contributed by atoms with Crippen LogP contribution in [0.25, 0.3) is 0 Å². The highest BCUT2D eigenvalue weighted by Crippen LogP contribution is 2.38. The van der Waals surface area contributed by atoms with Gasteiger partial charge in [0.15, 0.2) is 0 Å². The quantitative estimate of drug-likeness (QED) is 0.906. The maximum atomic E-state index is 13.3. The Bertz CT molecular complexity index is 490. The Balaban J connectivity index is 2.04. The second kappa shape index (κ2) is 7.13. The molecule has 0 bridgehead atoms. The van der Waals surface area contributed by atoms with E-state index in [1.54, 1.807) is 23.1 Å². The highest BCUT2D eigenvalue weighted by molar-refractivity contribution is 5.77. The number of nitrogens with one attached hydrogen (secondary N) is 1. The molecule has 0 radical (unpaired) electrons. The third-order valence-electron chi connectivity index (χ3n) is 4.11. The number of amides is 1. The molecule has 1 aliphatic heterocycles. The number of likely N-dealkylation sites (tertiary alicyclic amines) is 1. The predicted molar refractivity (Wildman–Crippen MR) is 78.5 cm³/mol. The van der Waals surface area contributed by atoms with Gasteiger partial charge in [-0.1, -0.05) is 30.3 Å². The summed E-state index contributed by atoms with van der Waals surface area (Å²) in [6, 6.07) is 7.66. The van der Waals surface area contributed by atoms with Crippen molar-refractivity contribution in [2.24, 2.45) is 5.92 Å². The maximum absolute atomic E-state index is 13.3. The van der Waals surface area contributed by atoms with E-state index in [1.165, 1.54) is 12.1 Å². The topological polar surface area (TPSA) is 32.3 Å². The van der Waals surface area contributed by atoms with Crippen LogP contribution in [0.1, 0.15) is 24.3 Å². The second-order valence-electron chi connectivity index (χ2n) is 5.76. The van der Waals surface area contributed by atoms with Gasteiger partial charge in [-0.25, -0.2) is 0 Å². The summed E-state index contributed by atoms with van der Waals surface area (Å²) in [7, 11) is 1.83. The number of benzene rings is 1. The molecule has 1 aromatic carbocycles. The van der Waals surface area contributed by atoms with Gasteiger partial charge in [0.2, 0.25) is 5.91 Å². The van der Waals surface area contributed by atoms with Crippen molar-refractivity contribution >= 4 is 5.91 Å². The van der Waals surface area contributed by atoms with Gasteiger partial charge in [0.1, 0.15) is 0 Å². The van der Waals surface area contributed by atoms with Crippen molar-refractivity contribution in [2.75, 3.05) is 26.7 Å². The first kappa shape index (κ1) is 16.8. The van der Waals surface area contributed by atoms with E-state index < -0.39 is 24.4 Å². The predicted octanol–water partition coefficient (Wildman–Crippen LogP) is 2.79. The minimum Gasteiger partial charge on any atom is -0.342 e. The molecule has 6 heteroatoms. The van der Waals surface area contributed by atoms with E-state index in [-0.39, 0.29) is 5.56 Å². The van der Waals surface area contributed by atoms with Gasteiger partial charge < -0.3 is 10.2 Å². The molecule has 3 nitrogen and oxygen atoms in total. The fourth-order valence-corrected chi connectivity index (χ4v) is 2.93. The molecule has 22 heavy (non-hydrogen) atoms. The highest BCUT2D eigenvalue weighted by atomic mass is 19.4. The Kier molecular flexibility index (Phi) is 5.45. The lowest BCUT2D eigenvalue weighted by Crippen LogP contribution is -2.34. The number of carbonyl (C=O) groups excluding carboxylic acids is 1. The van der Waals surface area contributed by atoms with Gasteiger partial charge in [0, 0.05) is 19.5 Å². The van der Waals surface area contributed by atoms with Crippen LogP contribution >= 0.6 is 0 Å². The third-order valence-corrected chi connectivity index (χ3v) is 4.11. The van der Waals surface area contributed by atoms with Gasteiger partial charge in [-0.2, -0.15) is 13.2 Å². The van der Waals surface area contributed by atoms with Crippen LogP contribution in [0.4, 0.5) is 13.2 Å². The van der Waals surface area contributed by atoms with Crippen molar-refractivity contribution < 1.29 is 18.0 Å². The zero-order chi connectivity index (χ0) is 16.2. The van der Waals surface area contributed by atoms with Crippen LogP contribution in [0, 0.1) is 5.92 Å². The fraction of sp³-hybridized carbons (Fsp3) is 0.562. The number of hydrogen-bond acceptors (Lipinski definition) is 2. The average Bonchev–Trinajstić information content (AvgIpc) is 2.93. The summed E-state index contributed by atoms with van der Waals surface area (Å²) in [6.07, 6.45) is -4.09. The molecule has 1 saturated heterocycles.